The maximum absolute atomic E-state index is 16.2. The number of ketones is 2. The number of Topliss-reactive ketones (excluding diaryl/α,β-unsaturated/α-hetero) is 1. The third-order valence-corrected chi connectivity index (χ3v) is 11.7. The Labute approximate surface area is 269 Å². The topological polar surface area (TPSA) is 133 Å². The molecule has 9 atom stereocenters. The Hall–Kier alpha value is -3.37. The third kappa shape index (κ3) is 5.31. The summed E-state index contributed by atoms with van der Waals surface area (Å²) >= 11 is 0. The number of halogens is 1. The molecule has 46 heavy (non-hydrogen) atoms. The number of rotatable bonds is 8. The molecule has 0 saturated heterocycles. The lowest BCUT2D eigenvalue weighted by Crippen LogP contribution is -2.56. The zero-order chi connectivity index (χ0) is 33.1. The number of anilines is 2. The van der Waals surface area contributed by atoms with Crippen molar-refractivity contribution in [2.75, 3.05) is 24.3 Å². The normalized spacial score (nSPS) is 33.9. The maximum atomic E-state index is 16.2. The molecule has 0 radical (unpaired) electrons. The number of carbonyl (C=O) groups excluding carboxylic acids is 2. The van der Waals surface area contributed by atoms with Gasteiger partial charge in [-0.1, -0.05) is 43.7 Å². The average molecular weight is 633 g/mol. The van der Waals surface area contributed by atoms with Crippen LogP contribution in [0, 0.1) is 47.2 Å². The quantitative estimate of drug-likeness (QED) is 0.241. The highest BCUT2D eigenvalue weighted by Gasteiger charge is 2.65. The van der Waals surface area contributed by atoms with Crippen LogP contribution < -0.4 is 10.6 Å². The molecule has 4 aliphatic carbocycles. The molecule has 3 saturated carbocycles. The van der Waals surface area contributed by atoms with Crippen molar-refractivity contribution in [2.24, 2.45) is 34.5 Å². The summed E-state index contributed by atoms with van der Waals surface area (Å²) in [7, 11) is 1.76. The number of benzene rings is 2. The summed E-state index contributed by atoms with van der Waals surface area (Å²) in [5.41, 5.74) is 8.08. The number of hydrogen-bond acceptors (Lipinski definition) is 8. The predicted molar refractivity (Wildman–Crippen MR) is 173 cm³/mol. The van der Waals surface area contributed by atoms with Crippen LogP contribution >= 0.6 is 0 Å². The predicted octanol–water partition coefficient (Wildman–Crippen LogP) is 4.80. The highest BCUT2D eigenvalue weighted by atomic mass is 19.1. The third-order valence-electron chi connectivity index (χ3n) is 11.7. The van der Waals surface area contributed by atoms with Gasteiger partial charge in [0.15, 0.2) is 23.7 Å². The van der Waals surface area contributed by atoms with Gasteiger partial charge in [-0.2, -0.15) is 0 Å². The minimum atomic E-state index is -1.66. The number of nitrogen functional groups attached to an aromatic ring is 1. The molecule has 0 spiro atoms. The fraction of sp³-hybridized carbons (Fsp3) is 0.514. The molecule has 2 unspecified atom stereocenters. The lowest BCUT2D eigenvalue weighted by molar-refractivity contribution is -0.168. The lowest BCUT2D eigenvalue weighted by atomic mass is 9.46. The molecule has 246 valence electrons. The van der Waals surface area contributed by atoms with Crippen molar-refractivity contribution >= 4 is 22.9 Å². The van der Waals surface area contributed by atoms with Gasteiger partial charge in [0.05, 0.1) is 23.8 Å². The van der Waals surface area contributed by atoms with Crippen molar-refractivity contribution in [3.8, 4) is 0 Å². The van der Waals surface area contributed by atoms with Crippen molar-refractivity contribution in [2.45, 2.75) is 71.5 Å². The highest BCUT2D eigenvalue weighted by molar-refractivity contribution is 6.01. The number of fused-ring (bicyclic) bond motifs is 5. The SMILES string of the molecule is Cc1ccc(N(C)Cc2cccc(N)c2)c(F)c1[C@@H](O)O[C@@H]1CC2[C@@H]3CCC4=CC(=O)C=C[C@]4(C)C3[C@@H](O)C[C@]2(C)[C@H]1C(=O)CO. The minimum Gasteiger partial charge on any atom is -0.399 e. The van der Waals surface area contributed by atoms with Gasteiger partial charge in [-0.15, -0.1) is 0 Å². The van der Waals surface area contributed by atoms with Crippen LogP contribution in [0.1, 0.15) is 62.5 Å². The zero-order valence-corrected chi connectivity index (χ0v) is 26.9. The van der Waals surface area contributed by atoms with Crippen LogP contribution in [-0.2, 0) is 20.9 Å². The number of carbonyl (C=O) groups is 2. The Kier molecular flexibility index (Phi) is 8.51. The number of aryl methyl sites for hydroxylation is 1. The first-order valence-corrected chi connectivity index (χ1v) is 16.2. The Balaban J connectivity index is 1.29. The molecule has 2 aromatic rings. The van der Waals surface area contributed by atoms with Crippen molar-refractivity contribution in [1.29, 1.82) is 0 Å². The van der Waals surface area contributed by atoms with E-state index in [1.54, 1.807) is 49.2 Å². The Morgan fingerprint density at radius 1 is 1.24 bits per heavy atom. The van der Waals surface area contributed by atoms with Gasteiger partial charge in [0.2, 0.25) is 0 Å². The van der Waals surface area contributed by atoms with E-state index in [-0.39, 0.29) is 34.8 Å². The molecule has 0 aliphatic heterocycles. The van der Waals surface area contributed by atoms with E-state index in [0.717, 1.165) is 17.6 Å². The van der Waals surface area contributed by atoms with Gasteiger partial charge in [-0.05, 0) is 91.3 Å². The molecule has 6 rings (SSSR count). The van der Waals surface area contributed by atoms with Gasteiger partial charge in [0.1, 0.15) is 6.61 Å². The van der Waals surface area contributed by atoms with Gasteiger partial charge in [-0.25, -0.2) is 4.39 Å². The van der Waals surface area contributed by atoms with E-state index >= 15 is 4.39 Å². The summed E-state index contributed by atoms with van der Waals surface area (Å²) in [6.45, 7) is 5.46. The molecule has 0 aromatic heterocycles. The number of nitrogens with two attached hydrogens (primary N) is 1. The second-order valence-electron chi connectivity index (χ2n) is 14.4. The molecule has 4 aliphatic rings. The molecule has 0 amide bonds. The Morgan fingerprint density at radius 2 is 2.00 bits per heavy atom. The van der Waals surface area contributed by atoms with Gasteiger partial charge < -0.3 is 30.7 Å². The molecule has 9 heteroatoms. The van der Waals surface area contributed by atoms with E-state index in [0.29, 0.717) is 37.1 Å². The van der Waals surface area contributed by atoms with E-state index in [4.69, 9.17) is 10.5 Å². The minimum absolute atomic E-state index is 0.00188. The van der Waals surface area contributed by atoms with E-state index in [1.165, 1.54) is 0 Å². The fourth-order valence-corrected chi connectivity index (χ4v) is 9.69. The highest BCUT2D eigenvalue weighted by Crippen LogP contribution is 2.66. The first-order valence-electron chi connectivity index (χ1n) is 16.2. The maximum Gasteiger partial charge on any atom is 0.184 e. The summed E-state index contributed by atoms with van der Waals surface area (Å²) in [4.78, 5) is 27.4. The number of hydrogen-bond donors (Lipinski definition) is 4. The van der Waals surface area contributed by atoms with Crippen LogP contribution in [0.4, 0.5) is 15.8 Å². The summed E-state index contributed by atoms with van der Waals surface area (Å²) in [6.07, 6.45) is 4.20. The smallest absolute Gasteiger partial charge is 0.184 e. The first kappa shape index (κ1) is 32.6. The molecule has 5 N–H and O–H groups in total. The van der Waals surface area contributed by atoms with E-state index in [1.807, 2.05) is 31.2 Å². The number of nitrogens with zero attached hydrogens (tertiary/aromatic N) is 1. The molecule has 0 heterocycles. The lowest BCUT2D eigenvalue weighted by Gasteiger charge is -2.58. The second kappa shape index (κ2) is 12.0. The van der Waals surface area contributed by atoms with Crippen LogP contribution in [0.25, 0.3) is 0 Å². The van der Waals surface area contributed by atoms with Crippen molar-refractivity contribution in [3.63, 3.8) is 0 Å². The molecule has 0 bridgehead atoms. The summed E-state index contributed by atoms with van der Waals surface area (Å²) < 4.78 is 22.5. The average Bonchev–Trinajstić information content (AvgIpc) is 3.27. The van der Waals surface area contributed by atoms with E-state index < -0.39 is 53.5 Å². The number of aliphatic hydroxyl groups is 3. The standard InChI is InChI=1S/C37H45FN2O6/c1-20-8-11-27(40(4)18-21-6-5-7-23(39)14-21)34(38)31(20)35(45)46-30-16-26-25-10-9-22-15-24(42)12-13-36(22,2)32(25)28(43)17-37(26,3)33(30)29(44)19-41/h5-8,11-15,25-26,28,30,32-33,35,41,43,45H,9-10,16-19,39H2,1-4H3/t25-,26?,28-,30+,32?,33-,35-,36-,37-/m0/s1. The number of allylic oxidation sites excluding steroid dienone is 4. The van der Waals surface area contributed by atoms with Crippen molar-refractivity contribution in [3.05, 3.63) is 82.7 Å². The fourth-order valence-electron chi connectivity index (χ4n) is 9.69. The monoisotopic (exact) mass is 632 g/mol. The van der Waals surface area contributed by atoms with Crippen LogP contribution in [0.3, 0.4) is 0 Å². The molecular formula is C37H45FN2O6. The first-order chi connectivity index (χ1) is 21.8. The van der Waals surface area contributed by atoms with Crippen LogP contribution in [0.5, 0.6) is 0 Å². The summed E-state index contributed by atoms with van der Waals surface area (Å²) in [5.74, 6) is -2.04. The summed E-state index contributed by atoms with van der Waals surface area (Å²) in [5, 5.41) is 33.3. The molecular weight excluding hydrogens is 587 g/mol. The van der Waals surface area contributed by atoms with Gasteiger partial charge in [0.25, 0.3) is 0 Å². The van der Waals surface area contributed by atoms with Crippen LogP contribution in [-0.4, -0.2) is 52.7 Å². The second-order valence-corrected chi connectivity index (χ2v) is 14.4. The summed E-state index contributed by atoms with van der Waals surface area (Å²) in [6, 6.07) is 10.8. The van der Waals surface area contributed by atoms with Gasteiger partial charge >= 0.3 is 0 Å². The van der Waals surface area contributed by atoms with E-state index in [9.17, 15) is 24.9 Å². The molecule has 8 nitrogen and oxygen atoms in total. The van der Waals surface area contributed by atoms with Crippen LogP contribution in [0.15, 0.2) is 60.2 Å². The Morgan fingerprint density at radius 3 is 2.72 bits per heavy atom. The van der Waals surface area contributed by atoms with E-state index in [2.05, 4.69) is 6.92 Å². The number of aliphatic hydroxyl groups excluding tert-OH is 3. The molecule has 3 fully saturated rings. The molecule has 2 aromatic carbocycles. The van der Waals surface area contributed by atoms with Crippen molar-refractivity contribution < 1.29 is 34.0 Å². The zero-order valence-electron chi connectivity index (χ0n) is 26.9. The van der Waals surface area contributed by atoms with Gasteiger partial charge in [0, 0.05) is 36.2 Å². The van der Waals surface area contributed by atoms with Gasteiger partial charge in [-0.3, -0.25) is 9.59 Å². The number of ether oxygens (including phenoxy) is 1. The van der Waals surface area contributed by atoms with Crippen LogP contribution in [0.2, 0.25) is 0 Å². The van der Waals surface area contributed by atoms with Crippen molar-refractivity contribution in [1.82, 2.24) is 0 Å². The Bertz CT molecular complexity index is 1610. The largest absolute Gasteiger partial charge is 0.399 e.